The van der Waals surface area contributed by atoms with Gasteiger partial charge in [-0.2, -0.15) is 0 Å². The van der Waals surface area contributed by atoms with Gasteiger partial charge in [0, 0.05) is 31.3 Å². The fourth-order valence-corrected chi connectivity index (χ4v) is 4.16. The topological polar surface area (TPSA) is 91.3 Å². The molecule has 2 aliphatic rings. The summed E-state index contributed by atoms with van der Waals surface area (Å²) in [7, 11) is 0. The number of pyridine rings is 2. The van der Waals surface area contributed by atoms with Gasteiger partial charge < -0.3 is 16.0 Å². The zero-order chi connectivity index (χ0) is 22.3. The van der Waals surface area contributed by atoms with Crippen LogP contribution in [0.3, 0.4) is 0 Å². The van der Waals surface area contributed by atoms with Crippen LogP contribution in [0.15, 0.2) is 53.5 Å². The number of hydrogen-bond donors (Lipinski definition) is 3. The summed E-state index contributed by atoms with van der Waals surface area (Å²) < 4.78 is 13.3. The van der Waals surface area contributed by atoms with Crippen molar-refractivity contribution in [3.8, 4) is 0 Å². The normalized spacial score (nSPS) is 22.8. The highest BCUT2D eigenvalue weighted by atomic mass is 35.5. The lowest BCUT2D eigenvalue weighted by Crippen LogP contribution is -2.34. The predicted octanol–water partition coefficient (Wildman–Crippen LogP) is 3.35. The lowest BCUT2D eigenvalue weighted by Gasteiger charge is -2.23. The number of anilines is 1. The quantitative estimate of drug-likeness (QED) is 0.556. The fraction of sp³-hybridized carbons (Fsp3) is 0.391. The molecule has 2 aliphatic heterocycles. The number of alkyl halides is 1. The zero-order valence-electron chi connectivity index (χ0n) is 17.6. The third-order valence-electron chi connectivity index (χ3n) is 5.52. The zero-order valence-corrected chi connectivity index (χ0v) is 18.4. The van der Waals surface area contributed by atoms with Crippen molar-refractivity contribution in [2.45, 2.75) is 37.1 Å². The molecule has 4 rings (SSSR count). The molecule has 1 amide bonds. The van der Waals surface area contributed by atoms with Crippen molar-refractivity contribution in [1.82, 2.24) is 20.6 Å². The molecule has 3 N–H and O–H groups in total. The van der Waals surface area contributed by atoms with E-state index in [9.17, 15) is 9.18 Å². The summed E-state index contributed by atoms with van der Waals surface area (Å²) in [5, 5.41) is 9.03. The van der Waals surface area contributed by atoms with Crippen LogP contribution in [0.4, 0.5) is 10.2 Å². The molecule has 0 spiro atoms. The van der Waals surface area contributed by atoms with E-state index in [0.717, 1.165) is 37.2 Å². The molecule has 3 atom stereocenters. The van der Waals surface area contributed by atoms with E-state index in [1.54, 1.807) is 12.4 Å². The van der Waals surface area contributed by atoms with E-state index in [4.69, 9.17) is 11.6 Å². The summed E-state index contributed by atoms with van der Waals surface area (Å²) in [5.74, 6) is 0.830. The molecule has 32 heavy (non-hydrogen) atoms. The van der Waals surface area contributed by atoms with Crippen LogP contribution in [0.25, 0.3) is 0 Å². The largest absolute Gasteiger partial charge is 0.366 e. The Balaban J connectivity index is 1.40. The highest BCUT2D eigenvalue weighted by Gasteiger charge is 2.25. The molecule has 0 saturated carbocycles. The molecular formula is C23H26ClFN6O. The smallest absolute Gasteiger partial charge is 0.225 e. The van der Waals surface area contributed by atoms with Gasteiger partial charge in [-0.25, -0.2) is 14.4 Å². The third-order valence-corrected chi connectivity index (χ3v) is 5.91. The Morgan fingerprint density at radius 1 is 1.31 bits per heavy atom. The lowest BCUT2D eigenvalue weighted by atomic mass is 9.95. The first-order valence-electron chi connectivity index (χ1n) is 10.8. The second kappa shape index (κ2) is 10.7. The van der Waals surface area contributed by atoms with E-state index >= 15 is 0 Å². The third kappa shape index (κ3) is 6.11. The molecule has 0 radical (unpaired) electrons. The maximum absolute atomic E-state index is 13.3. The van der Waals surface area contributed by atoms with Gasteiger partial charge in [0.05, 0.1) is 17.3 Å². The SMILES string of the molecule is O=C(CC1CCCNC1)NC1=CC(c2cccc(NCc3cncc(F)c3)n2)C(Cl)C=N1. The first-order valence-corrected chi connectivity index (χ1v) is 11.2. The fourth-order valence-electron chi connectivity index (χ4n) is 3.91. The number of rotatable bonds is 7. The summed E-state index contributed by atoms with van der Waals surface area (Å²) in [5.41, 5.74) is 1.47. The van der Waals surface area contributed by atoms with Crippen molar-refractivity contribution in [2.24, 2.45) is 10.9 Å². The number of hydrogen-bond acceptors (Lipinski definition) is 6. The van der Waals surface area contributed by atoms with E-state index in [1.165, 1.54) is 12.3 Å². The Labute approximate surface area is 191 Å². The number of halogens is 2. The van der Waals surface area contributed by atoms with E-state index in [1.807, 2.05) is 24.3 Å². The summed E-state index contributed by atoms with van der Waals surface area (Å²) in [6, 6.07) is 7.03. The number of carbonyl (C=O) groups excluding carboxylic acids is 1. The molecule has 1 saturated heterocycles. The van der Waals surface area contributed by atoms with Crippen LogP contribution in [-0.2, 0) is 11.3 Å². The van der Waals surface area contributed by atoms with Gasteiger partial charge in [0.15, 0.2) is 0 Å². The molecule has 0 aliphatic carbocycles. The second-order valence-corrected chi connectivity index (χ2v) is 8.58. The van der Waals surface area contributed by atoms with E-state index in [2.05, 4.69) is 30.9 Å². The average molecular weight is 457 g/mol. The number of carbonyl (C=O) groups is 1. The number of allylic oxidation sites excluding steroid dienone is 1. The minimum absolute atomic E-state index is 0.0408. The van der Waals surface area contributed by atoms with Gasteiger partial charge in [0.25, 0.3) is 0 Å². The molecule has 0 bridgehead atoms. The monoisotopic (exact) mass is 456 g/mol. The summed E-state index contributed by atoms with van der Waals surface area (Å²) in [4.78, 5) is 25.3. The maximum atomic E-state index is 13.3. The molecule has 0 aromatic carbocycles. The first kappa shape index (κ1) is 22.4. The van der Waals surface area contributed by atoms with Crippen LogP contribution in [0, 0.1) is 11.7 Å². The van der Waals surface area contributed by atoms with Crippen molar-refractivity contribution in [1.29, 1.82) is 0 Å². The highest BCUT2D eigenvalue weighted by molar-refractivity contribution is 6.29. The second-order valence-electron chi connectivity index (χ2n) is 8.08. The Kier molecular flexibility index (Phi) is 7.44. The molecule has 1 fully saturated rings. The van der Waals surface area contributed by atoms with E-state index in [-0.39, 0.29) is 23.0 Å². The molecule has 3 unspecified atom stereocenters. The molecule has 2 aromatic rings. The van der Waals surface area contributed by atoms with Gasteiger partial charge in [0.1, 0.15) is 17.5 Å². The van der Waals surface area contributed by atoms with Crippen molar-refractivity contribution >= 4 is 29.5 Å². The van der Waals surface area contributed by atoms with Gasteiger partial charge in [-0.15, -0.1) is 11.6 Å². The minimum Gasteiger partial charge on any atom is -0.366 e. The minimum atomic E-state index is -0.381. The molecule has 7 nitrogen and oxygen atoms in total. The van der Waals surface area contributed by atoms with Crippen LogP contribution in [0.1, 0.15) is 36.4 Å². The number of piperidine rings is 1. The van der Waals surface area contributed by atoms with Crippen LogP contribution in [0.5, 0.6) is 0 Å². The summed E-state index contributed by atoms with van der Waals surface area (Å²) in [6.45, 7) is 2.29. The predicted molar refractivity (Wildman–Crippen MR) is 123 cm³/mol. The van der Waals surface area contributed by atoms with Gasteiger partial charge >= 0.3 is 0 Å². The molecular weight excluding hydrogens is 431 g/mol. The average Bonchev–Trinajstić information content (AvgIpc) is 2.80. The van der Waals surface area contributed by atoms with Gasteiger partial charge in [-0.3, -0.25) is 9.78 Å². The standard InChI is InChI=1S/C23H26ClFN6O/c24-19-14-29-22(31-23(32)8-15-3-2-6-26-10-15)9-18(19)20-4-1-5-21(30-20)28-12-16-7-17(25)13-27-11-16/h1,4-5,7,9,11,13-15,18-19,26H,2-3,6,8,10,12H2,(H,28,30)(H,31,32). The first-order chi connectivity index (χ1) is 15.6. The Hall–Kier alpha value is -2.84. The Morgan fingerprint density at radius 2 is 2.22 bits per heavy atom. The van der Waals surface area contributed by atoms with Crippen LogP contribution < -0.4 is 16.0 Å². The van der Waals surface area contributed by atoms with E-state index in [0.29, 0.717) is 30.5 Å². The maximum Gasteiger partial charge on any atom is 0.225 e. The Morgan fingerprint density at radius 3 is 3.03 bits per heavy atom. The van der Waals surface area contributed by atoms with Crippen molar-refractivity contribution < 1.29 is 9.18 Å². The van der Waals surface area contributed by atoms with Crippen molar-refractivity contribution in [3.05, 3.63) is 65.6 Å². The summed E-state index contributed by atoms with van der Waals surface area (Å²) in [6.07, 6.45) is 8.88. The number of nitrogens with one attached hydrogen (secondary N) is 3. The number of aliphatic imine (C=N–C) groups is 1. The van der Waals surface area contributed by atoms with Crippen LogP contribution in [-0.4, -0.2) is 40.6 Å². The number of nitrogens with zero attached hydrogens (tertiary/aromatic N) is 3. The molecule has 9 heteroatoms. The molecule has 4 heterocycles. The van der Waals surface area contributed by atoms with Gasteiger partial charge in [-0.05, 0) is 61.7 Å². The van der Waals surface area contributed by atoms with Crippen molar-refractivity contribution in [2.75, 3.05) is 18.4 Å². The van der Waals surface area contributed by atoms with Gasteiger partial charge in [0.2, 0.25) is 5.91 Å². The van der Waals surface area contributed by atoms with Crippen LogP contribution >= 0.6 is 11.6 Å². The van der Waals surface area contributed by atoms with Gasteiger partial charge in [-0.1, -0.05) is 6.07 Å². The number of amides is 1. The van der Waals surface area contributed by atoms with Crippen LogP contribution in [0.2, 0.25) is 0 Å². The van der Waals surface area contributed by atoms with Crippen molar-refractivity contribution in [3.63, 3.8) is 0 Å². The molecule has 2 aromatic heterocycles. The Bertz CT molecular complexity index is 1010. The lowest BCUT2D eigenvalue weighted by molar-refractivity contribution is -0.121. The molecule has 168 valence electrons. The number of aromatic nitrogens is 2. The van der Waals surface area contributed by atoms with E-state index < -0.39 is 0 Å². The summed E-state index contributed by atoms with van der Waals surface area (Å²) >= 11 is 6.49. The highest BCUT2D eigenvalue weighted by Crippen LogP contribution is 2.28.